The molecular weight excluding hydrogens is 483 g/mol. The summed E-state index contributed by atoms with van der Waals surface area (Å²) in [6, 6.07) is 1.27. The number of benzene rings is 1. The largest absolute Gasteiger partial charge is 0.435 e. The number of alkyl halides is 7. The molecule has 1 aromatic carbocycles. The molecule has 2 heterocycles. The molecule has 0 spiro atoms. The van der Waals surface area contributed by atoms with Crippen LogP contribution in [0, 0.1) is 0 Å². The Labute approximate surface area is 188 Å². The standard InChI is InChI=1S/C19H17ClF7N5O/c1-11-10-31(15-14(20)28-6-7-29-15)8-9-32(11)16(33)30-13-4-2-12(3-5-13)17(21,18(22,23)24)19(25,26)27/h2-7,11H,8-10H2,1H3,(H,30,33). The molecule has 1 aliphatic heterocycles. The fraction of sp³-hybridized carbons (Fsp3) is 0.421. The molecule has 0 aliphatic carbocycles. The van der Waals surface area contributed by atoms with Crippen LogP contribution < -0.4 is 10.2 Å². The molecule has 6 nitrogen and oxygen atoms in total. The number of anilines is 2. The number of rotatable bonds is 3. The van der Waals surface area contributed by atoms with E-state index in [4.69, 9.17) is 11.6 Å². The third-order valence-corrected chi connectivity index (χ3v) is 5.41. The molecule has 1 atom stereocenters. The smallest absolute Gasteiger partial charge is 0.350 e. The highest BCUT2D eigenvalue weighted by Gasteiger charge is 2.73. The van der Waals surface area contributed by atoms with E-state index in [-0.39, 0.29) is 23.4 Å². The van der Waals surface area contributed by atoms with Crippen LogP contribution in [0.5, 0.6) is 0 Å². The van der Waals surface area contributed by atoms with Gasteiger partial charge >= 0.3 is 24.1 Å². The zero-order valence-electron chi connectivity index (χ0n) is 16.9. The molecule has 2 amide bonds. The van der Waals surface area contributed by atoms with Crippen molar-refractivity contribution in [1.82, 2.24) is 14.9 Å². The van der Waals surface area contributed by atoms with Gasteiger partial charge < -0.3 is 15.1 Å². The number of nitrogens with one attached hydrogen (secondary N) is 1. The Balaban J connectivity index is 1.70. The van der Waals surface area contributed by atoms with Crippen LogP contribution in [0.3, 0.4) is 0 Å². The third-order valence-electron chi connectivity index (χ3n) is 5.14. The highest BCUT2D eigenvalue weighted by atomic mass is 35.5. The fourth-order valence-electron chi connectivity index (χ4n) is 3.44. The van der Waals surface area contributed by atoms with Gasteiger partial charge in [0.2, 0.25) is 0 Å². The number of nitrogens with zero attached hydrogens (tertiary/aromatic N) is 4. The third kappa shape index (κ3) is 4.77. The molecule has 33 heavy (non-hydrogen) atoms. The average molecular weight is 500 g/mol. The first kappa shape index (κ1) is 24.8. The van der Waals surface area contributed by atoms with Crippen LogP contribution in [-0.2, 0) is 5.67 Å². The van der Waals surface area contributed by atoms with Crippen molar-refractivity contribution in [2.24, 2.45) is 0 Å². The first-order valence-electron chi connectivity index (χ1n) is 9.47. The summed E-state index contributed by atoms with van der Waals surface area (Å²) in [4.78, 5) is 24.0. The van der Waals surface area contributed by atoms with Crippen molar-refractivity contribution in [3.05, 3.63) is 47.4 Å². The molecule has 1 aliphatic rings. The summed E-state index contributed by atoms with van der Waals surface area (Å²) < 4.78 is 91.3. The van der Waals surface area contributed by atoms with E-state index < -0.39 is 29.6 Å². The number of carbonyl (C=O) groups is 1. The van der Waals surface area contributed by atoms with Gasteiger partial charge in [0.05, 0.1) is 0 Å². The zero-order chi connectivity index (χ0) is 24.6. The van der Waals surface area contributed by atoms with E-state index >= 15 is 0 Å². The molecule has 0 radical (unpaired) electrons. The zero-order valence-corrected chi connectivity index (χ0v) is 17.6. The first-order valence-corrected chi connectivity index (χ1v) is 9.85. The molecule has 3 rings (SSSR count). The van der Waals surface area contributed by atoms with E-state index in [1.54, 1.807) is 6.92 Å². The van der Waals surface area contributed by atoms with Gasteiger partial charge in [-0.3, -0.25) is 0 Å². The van der Waals surface area contributed by atoms with Crippen LogP contribution in [0.15, 0.2) is 36.7 Å². The molecule has 1 saturated heterocycles. The van der Waals surface area contributed by atoms with Gasteiger partial charge in [-0.15, -0.1) is 0 Å². The SMILES string of the molecule is CC1CN(c2nccnc2Cl)CCN1C(=O)Nc1ccc(C(F)(C(F)(F)F)C(F)(F)F)cc1. The number of halogens is 8. The number of piperazine rings is 1. The maximum Gasteiger partial charge on any atom is 0.435 e. The molecule has 180 valence electrons. The lowest BCUT2D eigenvalue weighted by Crippen LogP contribution is -2.55. The highest BCUT2D eigenvalue weighted by Crippen LogP contribution is 2.53. The van der Waals surface area contributed by atoms with Crippen LogP contribution in [0.1, 0.15) is 12.5 Å². The van der Waals surface area contributed by atoms with Crippen LogP contribution in [0.2, 0.25) is 5.15 Å². The van der Waals surface area contributed by atoms with Gasteiger partial charge in [0.15, 0.2) is 11.0 Å². The lowest BCUT2D eigenvalue weighted by molar-refractivity contribution is -0.348. The minimum absolute atomic E-state index is 0.0953. The van der Waals surface area contributed by atoms with Crippen molar-refractivity contribution in [3.8, 4) is 0 Å². The lowest BCUT2D eigenvalue weighted by atomic mass is 9.94. The second-order valence-electron chi connectivity index (χ2n) is 7.32. The molecule has 1 aromatic heterocycles. The maximum atomic E-state index is 14.1. The molecule has 0 bridgehead atoms. The number of urea groups is 1. The van der Waals surface area contributed by atoms with E-state index in [0.29, 0.717) is 31.0 Å². The Morgan fingerprint density at radius 1 is 1.00 bits per heavy atom. The number of carbonyl (C=O) groups excluding carboxylic acids is 1. The fourth-order valence-corrected chi connectivity index (χ4v) is 3.67. The Bertz CT molecular complexity index is 985. The summed E-state index contributed by atoms with van der Waals surface area (Å²) in [6.45, 7) is 2.68. The number of hydrogen-bond acceptors (Lipinski definition) is 4. The van der Waals surface area contributed by atoms with Gasteiger partial charge in [-0.05, 0) is 19.1 Å². The van der Waals surface area contributed by atoms with Crippen molar-refractivity contribution in [3.63, 3.8) is 0 Å². The second kappa shape index (κ2) is 8.84. The Hall–Kier alpha value is -2.83. The van der Waals surface area contributed by atoms with E-state index in [9.17, 15) is 35.5 Å². The maximum absolute atomic E-state index is 14.1. The Morgan fingerprint density at radius 3 is 2.09 bits per heavy atom. The highest BCUT2D eigenvalue weighted by molar-refractivity contribution is 6.31. The number of amides is 2. The van der Waals surface area contributed by atoms with Crippen molar-refractivity contribution in [2.45, 2.75) is 31.0 Å². The molecule has 2 aromatic rings. The predicted octanol–water partition coefficient (Wildman–Crippen LogP) is 5.16. The quantitative estimate of drug-likeness (QED) is 0.593. The van der Waals surface area contributed by atoms with Crippen molar-refractivity contribution in [2.75, 3.05) is 29.9 Å². The van der Waals surface area contributed by atoms with Gasteiger partial charge in [0.1, 0.15) is 0 Å². The van der Waals surface area contributed by atoms with Gasteiger partial charge in [-0.2, -0.15) is 26.3 Å². The van der Waals surface area contributed by atoms with Crippen LogP contribution >= 0.6 is 11.6 Å². The van der Waals surface area contributed by atoms with E-state index in [2.05, 4.69) is 15.3 Å². The molecule has 1 fully saturated rings. The van der Waals surface area contributed by atoms with Crippen molar-refractivity contribution < 1.29 is 35.5 Å². The molecule has 14 heteroatoms. The van der Waals surface area contributed by atoms with E-state index in [1.165, 1.54) is 17.3 Å². The van der Waals surface area contributed by atoms with Crippen LogP contribution in [0.4, 0.5) is 47.0 Å². The minimum atomic E-state index is -6.21. The summed E-state index contributed by atoms with van der Waals surface area (Å²) >= 11 is 6.04. The lowest BCUT2D eigenvalue weighted by Gasteiger charge is -2.40. The van der Waals surface area contributed by atoms with Gasteiger partial charge in [0, 0.05) is 49.3 Å². The van der Waals surface area contributed by atoms with Crippen molar-refractivity contribution >= 4 is 29.1 Å². The first-order chi connectivity index (χ1) is 15.3. The van der Waals surface area contributed by atoms with E-state index in [0.717, 1.165) is 12.1 Å². The molecule has 1 unspecified atom stereocenters. The topological polar surface area (TPSA) is 61.4 Å². The predicted molar refractivity (Wildman–Crippen MR) is 106 cm³/mol. The van der Waals surface area contributed by atoms with E-state index in [1.807, 2.05) is 4.90 Å². The summed E-state index contributed by atoms with van der Waals surface area (Å²) in [5.74, 6) is 0.450. The van der Waals surface area contributed by atoms with Gasteiger partial charge in [-0.25, -0.2) is 19.2 Å². The summed E-state index contributed by atoms with van der Waals surface area (Å²) in [6.07, 6.45) is -9.52. The monoisotopic (exact) mass is 499 g/mol. The molecular formula is C19H17ClF7N5O. The molecule has 1 N–H and O–H groups in total. The number of aromatic nitrogens is 2. The summed E-state index contributed by atoms with van der Waals surface area (Å²) in [5, 5.41) is 2.59. The summed E-state index contributed by atoms with van der Waals surface area (Å²) in [5.41, 5.74) is -7.26. The molecule has 0 saturated carbocycles. The van der Waals surface area contributed by atoms with Crippen LogP contribution in [0.25, 0.3) is 0 Å². The Kier molecular flexibility index (Phi) is 6.65. The normalized spacial score (nSPS) is 17.8. The summed E-state index contributed by atoms with van der Waals surface area (Å²) in [7, 11) is 0. The van der Waals surface area contributed by atoms with Crippen molar-refractivity contribution in [1.29, 1.82) is 0 Å². The van der Waals surface area contributed by atoms with Crippen LogP contribution in [-0.4, -0.2) is 58.9 Å². The van der Waals surface area contributed by atoms with Gasteiger partial charge in [0.25, 0.3) is 0 Å². The number of hydrogen-bond donors (Lipinski definition) is 1. The second-order valence-corrected chi connectivity index (χ2v) is 7.68. The minimum Gasteiger partial charge on any atom is -0.350 e. The Morgan fingerprint density at radius 2 is 1.58 bits per heavy atom. The van der Waals surface area contributed by atoms with Gasteiger partial charge in [-0.1, -0.05) is 23.7 Å². The average Bonchev–Trinajstić information content (AvgIpc) is 2.72.